The van der Waals surface area contributed by atoms with Crippen LogP contribution in [-0.4, -0.2) is 36.9 Å². The molecule has 2 heterocycles. The minimum absolute atomic E-state index is 0.320. The van der Waals surface area contributed by atoms with E-state index < -0.39 is 0 Å². The fourth-order valence-corrected chi connectivity index (χ4v) is 3.02. The molecule has 1 fully saturated rings. The molecule has 1 saturated heterocycles. The van der Waals surface area contributed by atoms with Crippen LogP contribution >= 0.6 is 11.3 Å². The molecule has 0 bridgehead atoms. The summed E-state index contributed by atoms with van der Waals surface area (Å²) in [4.78, 5) is 5.83. The van der Waals surface area contributed by atoms with E-state index in [1.54, 1.807) is 11.3 Å². The Morgan fingerprint density at radius 1 is 1.24 bits per heavy atom. The van der Waals surface area contributed by atoms with Gasteiger partial charge in [-0.2, -0.15) is 0 Å². The van der Waals surface area contributed by atoms with E-state index in [1.807, 2.05) is 14.0 Å². The van der Waals surface area contributed by atoms with E-state index in [0.717, 1.165) is 16.2 Å². The van der Waals surface area contributed by atoms with Gasteiger partial charge in [0.1, 0.15) is 5.01 Å². The second-order valence-corrected chi connectivity index (χ2v) is 7.77. The third-order valence-corrected chi connectivity index (χ3v) is 5.31. The first-order valence-electron chi connectivity index (χ1n) is 7.31. The Morgan fingerprint density at radius 3 is 2.24 bits per heavy atom. The van der Waals surface area contributed by atoms with E-state index in [2.05, 4.69) is 51.0 Å². The van der Waals surface area contributed by atoms with Gasteiger partial charge in [0.2, 0.25) is 0 Å². The number of nitrogens with zero attached hydrogens (tertiary/aromatic N) is 1. The number of aryl methyl sites for hydroxylation is 2. The molecule has 1 aliphatic heterocycles. The van der Waals surface area contributed by atoms with Crippen LogP contribution in [0.2, 0.25) is 0 Å². The SMILES string of the molecule is CNCC(=Cc1nc(C)c(C)s1)B1OC(C)(C)C(C)(C)O1. The molecule has 0 saturated carbocycles. The number of aromatic nitrogens is 1. The van der Waals surface area contributed by atoms with Crippen LogP contribution in [0.15, 0.2) is 5.47 Å². The summed E-state index contributed by atoms with van der Waals surface area (Å²) in [7, 11) is 1.60. The van der Waals surface area contributed by atoms with Crippen molar-refractivity contribution in [3.63, 3.8) is 0 Å². The molecule has 0 radical (unpaired) electrons. The van der Waals surface area contributed by atoms with Gasteiger partial charge in [-0.3, -0.25) is 0 Å². The molecule has 1 aromatic rings. The Bertz CT molecular complexity index is 516. The predicted octanol–water partition coefficient (Wildman–Crippen LogP) is 2.99. The first-order valence-corrected chi connectivity index (χ1v) is 8.12. The molecule has 2 rings (SSSR count). The topological polar surface area (TPSA) is 43.4 Å². The predicted molar refractivity (Wildman–Crippen MR) is 89.6 cm³/mol. The zero-order valence-electron chi connectivity index (χ0n) is 14.0. The fraction of sp³-hybridized carbons (Fsp3) is 0.667. The molecule has 0 amide bonds. The van der Waals surface area contributed by atoms with Crippen LogP contribution in [-0.2, 0) is 9.31 Å². The summed E-state index contributed by atoms with van der Waals surface area (Å²) in [5.41, 5.74) is 1.52. The summed E-state index contributed by atoms with van der Waals surface area (Å²) in [6.45, 7) is 13.1. The van der Waals surface area contributed by atoms with Crippen molar-refractivity contribution in [1.82, 2.24) is 10.3 Å². The molecule has 21 heavy (non-hydrogen) atoms. The van der Waals surface area contributed by atoms with E-state index in [0.29, 0.717) is 6.54 Å². The van der Waals surface area contributed by atoms with Gasteiger partial charge in [-0.25, -0.2) is 4.98 Å². The highest BCUT2D eigenvalue weighted by Gasteiger charge is 2.52. The van der Waals surface area contributed by atoms with Gasteiger partial charge in [0, 0.05) is 11.4 Å². The number of rotatable bonds is 4. The maximum Gasteiger partial charge on any atom is 0.491 e. The van der Waals surface area contributed by atoms with Crippen molar-refractivity contribution in [2.45, 2.75) is 52.7 Å². The summed E-state index contributed by atoms with van der Waals surface area (Å²) in [6.07, 6.45) is 2.09. The van der Waals surface area contributed by atoms with Crippen molar-refractivity contribution in [2.75, 3.05) is 13.6 Å². The minimum Gasteiger partial charge on any atom is -0.400 e. The average Bonchev–Trinajstić information content (AvgIpc) is 2.76. The van der Waals surface area contributed by atoms with Crippen LogP contribution in [0.3, 0.4) is 0 Å². The Hall–Kier alpha value is -0.685. The highest BCUT2D eigenvalue weighted by atomic mass is 32.1. The Kier molecular flexibility index (Phi) is 4.64. The van der Waals surface area contributed by atoms with Gasteiger partial charge in [0.05, 0.1) is 16.9 Å². The molecule has 6 heteroatoms. The standard InChI is InChI=1S/C15H25BN2O2S/c1-10-11(2)21-13(18-10)8-12(9-17-7)16-19-14(3,4)15(5,6)20-16/h8,17H,9H2,1-7H3. The van der Waals surface area contributed by atoms with E-state index in [4.69, 9.17) is 9.31 Å². The fourth-order valence-electron chi connectivity index (χ4n) is 2.12. The highest BCUT2D eigenvalue weighted by molar-refractivity contribution is 7.12. The molecular formula is C15H25BN2O2S. The number of thiazole rings is 1. The first-order chi connectivity index (χ1) is 9.66. The monoisotopic (exact) mass is 308 g/mol. The number of nitrogens with one attached hydrogen (secondary N) is 1. The first kappa shape index (κ1) is 16.7. The smallest absolute Gasteiger partial charge is 0.400 e. The lowest BCUT2D eigenvalue weighted by Crippen LogP contribution is -2.41. The van der Waals surface area contributed by atoms with E-state index >= 15 is 0 Å². The van der Waals surface area contributed by atoms with Crippen molar-refractivity contribution < 1.29 is 9.31 Å². The quantitative estimate of drug-likeness (QED) is 0.869. The van der Waals surface area contributed by atoms with Gasteiger partial charge in [-0.1, -0.05) is 0 Å². The molecule has 1 N–H and O–H groups in total. The van der Waals surface area contributed by atoms with Crippen LogP contribution in [0.1, 0.15) is 43.3 Å². The molecule has 4 nitrogen and oxygen atoms in total. The number of hydrogen-bond acceptors (Lipinski definition) is 5. The van der Waals surface area contributed by atoms with Gasteiger partial charge in [-0.15, -0.1) is 11.3 Å². The summed E-state index contributed by atoms with van der Waals surface area (Å²) >= 11 is 1.70. The van der Waals surface area contributed by atoms with E-state index in [9.17, 15) is 0 Å². The second kappa shape index (κ2) is 5.84. The minimum atomic E-state index is -0.327. The van der Waals surface area contributed by atoms with Gasteiger partial charge in [-0.05, 0) is 60.1 Å². The average molecular weight is 308 g/mol. The maximum atomic E-state index is 6.13. The lowest BCUT2D eigenvalue weighted by molar-refractivity contribution is 0.00578. The molecule has 0 unspecified atom stereocenters. The van der Waals surface area contributed by atoms with Gasteiger partial charge in [0.15, 0.2) is 0 Å². The number of hydrogen-bond donors (Lipinski definition) is 1. The van der Waals surface area contributed by atoms with Crippen LogP contribution in [0.5, 0.6) is 0 Å². The molecule has 116 valence electrons. The van der Waals surface area contributed by atoms with Gasteiger partial charge < -0.3 is 14.6 Å². The summed E-state index contributed by atoms with van der Waals surface area (Å²) < 4.78 is 12.3. The van der Waals surface area contributed by atoms with Gasteiger partial charge in [0.25, 0.3) is 0 Å². The highest BCUT2D eigenvalue weighted by Crippen LogP contribution is 2.38. The van der Waals surface area contributed by atoms with Crippen LogP contribution < -0.4 is 5.32 Å². The Morgan fingerprint density at radius 2 is 1.81 bits per heavy atom. The van der Waals surface area contributed by atoms with Crippen molar-refractivity contribution in [1.29, 1.82) is 0 Å². The van der Waals surface area contributed by atoms with Crippen molar-refractivity contribution in [3.05, 3.63) is 21.1 Å². The zero-order valence-corrected chi connectivity index (χ0v) is 14.9. The zero-order chi connectivity index (χ0) is 15.8. The second-order valence-electron chi connectivity index (χ2n) is 6.53. The van der Waals surface area contributed by atoms with Crippen molar-refractivity contribution >= 4 is 24.5 Å². The molecular weight excluding hydrogens is 283 g/mol. The summed E-state index contributed by atoms with van der Waals surface area (Å²) in [6, 6.07) is 0. The molecule has 1 aromatic heterocycles. The Labute approximate surface area is 132 Å². The van der Waals surface area contributed by atoms with Crippen LogP contribution in [0, 0.1) is 13.8 Å². The molecule has 1 aliphatic rings. The molecule has 0 spiro atoms. The van der Waals surface area contributed by atoms with Crippen LogP contribution in [0.25, 0.3) is 6.08 Å². The Balaban J connectivity index is 2.28. The third-order valence-electron chi connectivity index (χ3n) is 4.29. The third kappa shape index (κ3) is 3.39. The van der Waals surface area contributed by atoms with E-state index in [-0.39, 0.29) is 18.3 Å². The van der Waals surface area contributed by atoms with Gasteiger partial charge >= 0.3 is 7.12 Å². The summed E-state index contributed by atoms with van der Waals surface area (Å²) in [5.74, 6) is 0. The largest absolute Gasteiger partial charge is 0.491 e. The lowest BCUT2D eigenvalue weighted by Gasteiger charge is -2.32. The number of likely N-dealkylation sites (N-methyl/N-ethyl adjacent to an activating group) is 1. The van der Waals surface area contributed by atoms with E-state index in [1.165, 1.54) is 4.88 Å². The van der Waals surface area contributed by atoms with Crippen molar-refractivity contribution in [3.8, 4) is 0 Å². The summed E-state index contributed by atoms with van der Waals surface area (Å²) in [5, 5.41) is 4.19. The lowest BCUT2D eigenvalue weighted by atomic mass is 9.78. The van der Waals surface area contributed by atoms with Crippen molar-refractivity contribution in [2.24, 2.45) is 0 Å². The maximum absolute atomic E-state index is 6.13. The molecule has 0 aliphatic carbocycles. The normalized spacial score (nSPS) is 21.1. The molecule has 0 aromatic carbocycles. The molecule has 0 atom stereocenters. The van der Waals surface area contributed by atoms with Crippen LogP contribution in [0.4, 0.5) is 0 Å².